The largest absolute Gasteiger partial charge is 0.294 e. The Morgan fingerprint density at radius 3 is 2.76 bits per heavy atom. The van der Waals surface area contributed by atoms with Crippen LogP contribution in [-0.2, 0) is 17.7 Å². The Balaban J connectivity index is 1.65. The summed E-state index contributed by atoms with van der Waals surface area (Å²) in [6, 6.07) is 11.1. The number of halogens is 2. The van der Waals surface area contributed by atoms with Gasteiger partial charge in [0.2, 0.25) is 11.3 Å². The molecule has 168 valence electrons. The van der Waals surface area contributed by atoms with Crippen molar-refractivity contribution in [2.75, 3.05) is 6.54 Å². The van der Waals surface area contributed by atoms with E-state index in [2.05, 4.69) is 19.7 Å². The average molecular weight is 485 g/mol. The molecule has 0 amide bonds. The molecular weight excluding hydrogens is 467 g/mol. The van der Waals surface area contributed by atoms with Crippen LogP contribution in [0.5, 0.6) is 0 Å². The number of hydrogen-bond donors (Lipinski definition) is 2. The Morgan fingerprint density at radius 2 is 2.00 bits per heavy atom. The number of nitrogens with one attached hydrogen (secondary N) is 1. The summed E-state index contributed by atoms with van der Waals surface area (Å²) < 4.78 is 36.5. The van der Waals surface area contributed by atoms with Crippen LogP contribution < -0.4 is 4.72 Å². The van der Waals surface area contributed by atoms with E-state index in [9.17, 15) is 13.4 Å². The van der Waals surface area contributed by atoms with Gasteiger partial charge in [-0.3, -0.25) is 19.3 Å². The van der Waals surface area contributed by atoms with Gasteiger partial charge in [0, 0.05) is 30.1 Å². The zero-order chi connectivity index (χ0) is 23.4. The van der Waals surface area contributed by atoms with E-state index in [1.54, 1.807) is 42.9 Å². The van der Waals surface area contributed by atoms with Crippen molar-refractivity contribution in [2.24, 2.45) is 0 Å². The molecular formula is C23H18ClFN4O3S. The van der Waals surface area contributed by atoms with Gasteiger partial charge in [0.15, 0.2) is 5.78 Å². The lowest BCUT2D eigenvalue weighted by Crippen LogP contribution is -2.18. The maximum absolute atomic E-state index is 14.6. The number of pyridine rings is 1. The van der Waals surface area contributed by atoms with Crippen LogP contribution in [0.15, 0.2) is 61.1 Å². The standard InChI is InChI=1S/C23H18ClFN4O3S/c24-22-14(3-2-10-28-33(31)32)5-7-17(25)21(22)23(30)15-6-8-18-19(11-15)29-20(13-27-18)16-4-1-9-26-12-16/h1,4-9,11-13,28H,2-3,10H2,(H,31,32). The molecule has 0 aliphatic heterocycles. The number of hydrogen-bond acceptors (Lipinski definition) is 5. The van der Waals surface area contributed by atoms with Gasteiger partial charge in [-0.1, -0.05) is 17.7 Å². The number of aryl methyl sites for hydroxylation is 1. The quantitative estimate of drug-likeness (QED) is 0.218. The van der Waals surface area contributed by atoms with Gasteiger partial charge in [-0.05, 0) is 54.8 Å². The van der Waals surface area contributed by atoms with Crippen molar-refractivity contribution < 1.29 is 17.9 Å². The molecule has 2 aromatic heterocycles. The monoisotopic (exact) mass is 484 g/mol. The van der Waals surface area contributed by atoms with Crippen molar-refractivity contribution in [1.29, 1.82) is 0 Å². The summed E-state index contributed by atoms with van der Waals surface area (Å²) in [6.07, 6.45) is 5.84. The lowest BCUT2D eigenvalue weighted by molar-refractivity contribution is 0.103. The Kier molecular flexibility index (Phi) is 7.14. The summed E-state index contributed by atoms with van der Waals surface area (Å²) in [4.78, 5) is 26.2. The Morgan fingerprint density at radius 1 is 1.15 bits per heavy atom. The van der Waals surface area contributed by atoms with Gasteiger partial charge in [-0.2, -0.15) is 0 Å². The molecule has 0 saturated carbocycles. The molecule has 7 nitrogen and oxygen atoms in total. The molecule has 0 fully saturated rings. The maximum atomic E-state index is 14.6. The first-order chi connectivity index (χ1) is 15.9. The Hall–Kier alpha value is -3.11. The molecule has 0 spiro atoms. The van der Waals surface area contributed by atoms with E-state index in [1.165, 1.54) is 12.1 Å². The van der Waals surface area contributed by atoms with E-state index in [0.717, 1.165) is 5.56 Å². The van der Waals surface area contributed by atoms with Crippen molar-refractivity contribution in [1.82, 2.24) is 19.7 Å². The van der Waals surface area contributed by atoms with Crippen molar-refractivity contribution in [3.63, 3.8) is 0 Å². The molecule has 1 atom stereocenters. The second-order valence-corrected chi connectivity index (χ2v) is 8.34. The normalized spacial score (nSPS) is 12.1. The van der Waals surface area contributed by atoms with Gasteiger partial charge < -0.3 is 0 Å². The molecule has 0 saturated heterocycles. The first kappa shape index (κ1) is 23.1. The first-order valence-electron chi connectivity index (χ1n) is 9.97. The van der Waals surface area contributed by atoms with Gasteiger partial charge in [0.05, 0.1) is 33.5 Å². The van der Waals surface area contributed by atoms with E-state index in [4.69, 9.17) is 16.2 Å². The number of ketones is 1. The van der Waals surface area contributed by atoms with E-state index in [-0.39, 0.29) is 22.7 Å². The molecule has 33 heavy (non-hydrogen) atoms. The summed E-state index contributed by atoms with van der Waals surface area (Å²) in [5, 5.41) is 0.0282. The number of benzene rings is 2. The molecule has 2 aromatic carbocycles. The van der Waals surface area contributed by atoms with E-state index < -0.39 is 22.9 Å². The van der Waals surface area contributed by atoms with Crippen LogP contribution >= 0.6 is 11.6 Å². The third-order valence-corrected chi connectivity index (χ3v) is 5.89. The Labute approximate surface area is 196 Å². The minimum atomic E-state index is -2.11. The van der Waals surface area contributed by atoms with Crippen molar-refractivity contribution >= 4 is 39.7 Å². The zero-order valence-corrected chi connectivity index (χ0v) is 18.7. The highest BCUT2D eigenvalue weighted by atomic mass is 35.5. The molecule has 2 N–H and O–H groups in total. The highest BCUT2D eigenvalue weighted by Gasteiger charge is 2.21. The molecule has 4 aromatic rings. The van der Waals surface area contributed by atoms with Gasteiger partial charge in [0.25, 0.3) is 0 Å². The number of nitrogens with zero attached hydrogens (tertiary/aromatic N) is 3. The maximum Gasteiger partial charge on any atom is 0.231 e. The predicted molar refractivity (Wildman–Crippen MR) is 125 cm³/mol. The number of carbonyl (C=O) groups is 1. The minimum Gasteiger partial charge on any atom is -0.294 e. The van der Waals surface area contributed by atoms with Crippen LogP contribution in [0.1, 0.15) is 27.9 Å². The predicted octanol–water partition coefficient (Wildman–Crippen LogP) is 4.37. The average Bonchev–Trinajstić information content (AvgIpc) is 2.82. The fourth-order valence-corrected chi connectivity index (χ4v) is 4.04. The van der Waals surface area contributed by atoms with Gasteiger partial charge in [-0.15, -0.1) is 0 Å². The SMILES string of the molecule is O=C(c1ccc2ncc(-c3cccnc3)nc2c1)c1c(F)ccc(CCCNS(=O)O)c1Cl. The lowest BCUT2D eigenvalue weighted by atomic mass is 9.98. The summed E-state index contributed by atoms with van der Waals surface area (Å²) in [5.74, 6) is -1.29. The highest BCUT2D eigenvalue weighted by molar-refractivity contribution is 7.77. The lowest BCUT2D eigenvalue weighted by Gasteiger charge is -2.11. The molecule has 2 heterocycles. The molecule has 1 unspecified atom stereocenters. The zero-order valence-electron chi connectivity index (χ0n) is 17.2. The number of fused-ring (bicyclic) bond motifs is 1. The van der Waals surface area contributed by atoms with Crippen LogP contribution in [0, 0.1) is 5.82 Å². The number of rotatable bonds is 8. The molecule has 0 radical (unpaired) electrons. The fourth-order valence-electron chi connectivity index (χ4n) is 3.39. The second-order valence-electron chi connectivity index (χ2n) is 7.17. The van der Waals surface area contributed by atoms with Crippen molar-refractivity contribution in [3.05, 3.63) is 88.6 Å². The molecule has 0 aliphatic carbocycles. The van der Waals surface area contributed by atoms with Crippen LogP contribution in [0.3, 0.4) is 0 Å². The molecule has 4 rings (SSSR count). The first-order valence-corrected chi connectivity index (χ1v) is 11.5. The minimum absolute atomic E-state index is 0.0282. The molecule has 0 aliphatic rings. The topological polar surface area (TPSA) is 105 Å². The van der Waals surface area contributed by atoms with E-state index in [0.29, 0.717) is 35.1 Å². The summed E-state index contributed by atoms with van der Waals surface area (Å²) >= 11 is 4.29. The second kappa shape index (κ2) is 10.2. The fraction of sp³-hybridized carbons (Fsp3) is 0.130. The summed E-state index contributed by atoms with van der Waals surface area (Å²) in [7, 11) is 0. The van der Waals surface area contributed by atoms with Gasteiger partial charge in [0.1, 0.15) is 5.82 Å². The smallest absolute Gasteiger partial charge is 0.231 e. The van der Waals surface area contributed by atoms with Gasteiger partial charge >= 0.3 is 0 Å². The van der Waals surface area contributed by atoms with E-state index in [1.807, 2.05) is 6.07 Å². The highest BCUT2D eigenvalue weighted by Crippen LogP contribution is 2.28. The van der Waals surface area contributed by atoms with E-state index >= 15 is 0 Å². The van der Waals surface area contributed by atoms with Gasteiger partial charge in [-0.25, -0.2) is 18.3 Å². The third kappa shape index (κ3) is 5.28. The number of aromatic nitrogens is 3. The summed E-state index contributed by atoms with van der Waals surface area (Å²) in [6.45, 7) is 0.267. The van der Waals surface area contributed by atoms with Crippen LogP contribution in [-0.4, -0.2) is 36.0 Å². The summed E-state index contributed by atoms with van der Waals surface area (Å²) in [5.41, 5.74) is 3.05. The van der Waals surface area contributed by atoms with Crippen LogP contribution in [0.4, 0.5) is 4.39 Å². The van der Waals surface area contributed by atoms with Crippen molar-refractivity contribution in [3.8, 4) is 11.3 Å². The molecule has 0 bridgehead atoms. The van der Waals surface area contributed by atoms with Crippen LogP contribution in [0.2, 0.25) is 5.02 Å². The van der Waals surface area contributed by atoms with Crippen molar-refractivity contribution in [2.45, 2.75) is 12.8 Å². The van der Waals surface area contributed by atoms with Crippen LogP contribution in [0.25, 0.3) is 22.3 Å². The number of carbonyl (C=O) groups excluding carboxylic acids is 1. The molecule has 10 heteroatoms. The third-order valence-electron chi connectivity index (χ3n) is 5.01. The Bertz CT molecular complexity index is 1350.